The zero-order valence-electron chi connectivity index (χ0n) is 9.02. The molecule has 0 fully saturated rings. The van der Waals surface area contributed by atoms with Crippen LogP contribution in [0.25, 0.3) is 0 Å². The molecule has 0 spiro atoms. The van der Waals surface area contributed by atoms with Crippen LogP contribution >= 0.6 is 12.4 Å². The average Bonchev–Trinajstić information content (AvgIpc) is 2.49. The fourth-order valence-electron chi connectivity index (χ4n) is 1.52. The van der Waals surface area contributed by atoms with Crippen molar-refractivity contribution in [2.45, 2.75) is 19.6 Å². The largest absolute Gasteiger partial charge is 0.335 e. The highest BCUT2D eigenvalue weighted by Crippen LogP contribution is 2.16. The molecule has 1 aromatic rings. The van der Waals surface area contributed by atoms with E-state index in [1.165, 1.54) is 11.1 Å². The van der Waals surface area contributed by atoms with Crippen LogP contribution in [0.5, 0.6) is 0 Å². The molecule has 88 valence electrons. The molecule has 1 N–H and O–H groups in total. The number of ether oxygens (including phenoxy) is 2. The topological polar surface area (TPSA) is 30.5 Å². The van der Waals surface area contributed by atoms with Crippen LogP contribution in [-0.4, -0.2) is 13.0 Å². The van der Waals surface area contributed by atoms with E-state index >= 15 is 0 Å². The summed E-state index contributed by atoms with van der Waals surface area (Å²) in [6.07, 6.45) is 1.44. The van der Waals surface area contributed by atoms with Crippen LogP contribution in [0.2, 0.25) is 0 Å². The van der Waals surface area contributed by atoms with Gasteiger partial charge in [0.1, 0.15) is 0 Å². The van der Waals surface area contributed by atoms with Crippen LogP contribution in [0.1, 0.15) is 11.1 Å². The van der Waals surface area contributed by atoms with Gasteiger partial charge in [0.05, 0.1) is 13.2 Å². The summed E-state index contributed by atoms with van der Waals surface area (Å²) in [5, 5.41) is 3.08. The predicted molar refractivity (Wildman–Crippen MR) is 65.3 cm³/mol. The number of hydrogen-bond acceptors (Lipinski definition) is 3. The number of fused-ring (bicyclic) bond motifs is 1. The molecule has 0 radical (unpaired) electrons. The van der Waals surface area contributed by atoms with E-state index in [1.54, 1.807) is 6.08 Å². The van der Waals surface area contributed by atoms with Crippen LogP contribution < -0.4 is 5.32 Å². The SMILES string of the molecule is C=CCNC1OCc2ccccc2CO1.Cl. The summed E-state index contributed by atoms with van der Waals surface area (Å²) >= 11 is 0. The molecular formula is C12H16ClNO2. The highest BCUT2D eigenvalue weighted by molar-refractivity contribution is 5.85. The molecule has 0 bridgehead atoms. The number of hydrogen-bond donors (Lipinski definition) is 1. The molecule has 1 aromatic carbocycles. The van der Waals surface area contributed by atoms with E-state index < -0.39 is 0 Å². The summed E-state index contributed by atoms with van der Waals surface area (Å²) in [7, 11) is 0. The first-order valence-electron chi connectivity index (χ1n) is 5.04. The predicted octanol–water partition coefficient (Wildman–Crippen LogP) is 2.21. The Bertz CT molecular complexity index is 317. The van der Waals surface area contributed by atoms with Gasteiger partial charge in [0, 0.05) is 6.54 Å². The summed E-state index contributed by atoms with van der Waals surface area (Å²) in [6.45, 7) is 5.49. The van der Waals surface area contributed by atoms with E-state index in [2.05, 4.69) is 24.0 Å². The van der Waals surface area contributed by atoms with Crippen molar-refractivity contribution in [1.82, 2.24) is 5.32 Å². The quantitative estimate of drug-likeness (QED) is 0.824. The Hall–Kier alpha value is -0.870. The molecule has 0 unspecified atom stereocenters. The molecule has 1 aliphatic rings. The smallest absolute Gasteiger partial charge is 0.216 e. The number of halogens is 1. The van der Waals surface area contributed by atoms with Gasteiger partial charge in [-0.2, -0.15) is 0 Å². The van der Waals surface area contributed by atoms with Gasteiger partial charge in [-0.15, -0.1) is 19.0 Å². The lowest BCUT2D eigenvalue weighted by molar-refractivity contribution is -0.165. The lowest BCUT2D eigenvalue weighted by Gasteiger charge is -2.15. The third-order valence-electron chi connectivity index (χ3n) is 2.33. The van der Waals surface area contributed by atoms with Crippen molar-refractivity contribution >= 4 is 12.4 Å². The Kier molecular flexibility index (Phi) is 5.49. The van der Waals surface area contributed by atoms with Crippen LogP contribution in [0.4, 0.5) is 0 Å². The Labute approximate surface area is 102 Å². The minimum Gasteiger partial charge on any atom is -0.335 e. The molecule has 0 atom stereocenters. The Balaban J connectivity index is 0.00000128. The van der Waals surface area contributed by atoms with Crippen molar-refractivity contribution in [3.8, 4) is 0 Å². The molecule has 0 aliphatic carbocycles. The van der Waals surface area contributed by atoms with Crippen molar-refractivity contribution in [2.75, 3.05) is 6.54 Å². The van der Waals surface area contributed by atoms with Gasteiger partial charge in [0.15, 0.2) is 0 Å². The van der Waals surface area contributed by atoms with E-state index in [0.29, 0.717) is 19.8 Å². The number of nitrogens with one attached hydrogen (secondary N) is 1. The number of rotatable bonds is 3. The molecule has 0 amide bonds. The van der Waals surface area contributed by atoms with Crippen molar-refractivity contribution in [2.24, 2.45) is 0 Å². The average molecular weight is 242 g/mol. The second-order valence-corrected chi connectivity index (χ2v) is 3.42. The van der Waals surface area contributed by atoms with Crippen molar-refractivity contribution in [1.29, 1.82) is 0 Å². The highest BCUT2D eigenvalue weighted by atomic mass is 35.5. The van der Waals surface area contributed by atoms with Gasteiger partial charge in [0.2, 0.25) is 6.41 Å². The third kappa shape index (κ3) is 3.32. The fraction of sp³-hybridized carbons (Fsp3) is 0.333. The fourth-order valence-corrected chi connectivity index (χ4v) is 1.52. The van der Waals surface area contributed by atoms with Gasteiger partial charge >= 0.3 is 0 Å². The highest BCUT2D eigenvalue weighted by Gasteiger charge is 2.14. The standard InChI is InChI=1S/C12H15NO2.ClH/c1-2-7-13-12-14-8-10-5-3-4-6-11(10)9-15-12;/h2-6,12-13H,1,7-9H2;1H. The van der Waals surface area contributed by atoms with Crippen LogP contribution in [0.3, 0.4) is 0 Å². The normalized spacial score (nSPS) is 15.8. The molecular weight excluding hydrogens is 226 g/mol. The molecule has 0 aromatic heterocycles. The Morgan fingerprint density at radius 2 is 1.81 bits per heavy atom. The van der Waals surface area contributed by atoms with E-state index in [4.69, 9.17) is 9.47 Å². The summed E-state index contributed by atoms with van der Waals surface area (Å²) in [4.78, 5) is 0. The minimum atomic E-state index is -0.338. The zero-order chi connectivity index (χ0) is 10.5. The van der Waals surface area contributed by atoms with E-state index in [-0.39, 0.29) is 18.8 Å². The summed E-state index contributed by atoms with van der Waals surface area (Å²) in [5.41, 5.74) is 2.39. The number of benzene rings is 1. The summed E-state index contributed by atoms with van der Waals surface area (Å²) in [5.74, 6) is 0. The minimum absolute atomic E-state index is 0. The molecule has 3 nitrogen and oxygen atoms in total. The third-order valence-corrected chi connectivity index (χ3v) is 2.33. The Morgan fingerprint density at radius 3 is 2.31 bits per heavy atom. The second kappa shape index (κ2) is 6.66. The van der Waals surface area contributed by atoms with E-state index in [9.17, 15) is 0 Å². The molecule has 1 heterocycles. The summed E-state index contributed by atoms with van der Waals surface area (Å²) in [6, 6.07) is 8.16. The summed E-state index contributed by atoms with van der Waals surface area (Å²) < 4.78 is 11.1. The van der Waals surface area contributed by atoms with Crippen molar-refractivity contribution in [3.63, 3.8) is 0 Å². The molecule has 4 heteroatoms. The van der Waals surface area contributed by atoms with Crippen molar-refractivity contribution < 1.29 is 9.47 Å². The van der Waals surface area contributed by atoms with E-state index in [0.717, 1.165) is 0 Å². The van der Waals surface area contributed by atoms with Gasteiger partial charge in [-0.05, 0) is 11.1 Å². The first-order chi connectivity index (χ1) is 7.40. The van der Waals surface area contributed by atoms with Gasteiger partial charge in [-0.25, -0.2) is 0 Å². The van der Waals surface area contributed by atoms with Crippen LogP contribution in [0, 0.1) is 0 Å². The van der Waals surface area contributed by atoms with Crippen LogP contribution in [-0.2, 0) is 22.7 Å². The van der Waals surface area contributed by atoms with E-state index in [1.807, 2.05) is 12.1 Å². The van der Waals surface area contributed by atoms with Gasteiger partial charge in [-0.1, -0.05) is 30.3 Å². The molecule has 16 heavy (non-hydrogen) atoms. The Morgan fingerprint density at radius 1 is 1.25 bits per heavy atom. The maximum Gasteiger partial charge on any atom is 0.216 e. The molecule has 0 saturated heterocycles. The lowest BCUT2D eigenvalue weighted by Crippen LogP contribution is -2.33. The molecule has 2 rings (SSSR count). The molecule has 1 aliphatic heterocycles. The van der Waals surface area contributed by atoms with Gasteiger partial charge in [-0.3, -0.25) is 5.32 Å². The van der Waals surface area contributed by atoms with Crippen LogP contribution in [0.15, 0.2) is 36.9 Å². The first-order valence-corrected chi connectivity index (χ1v) is 5.04. The monoisotopic (exact) mass is 241 g/mol. The maximum absolute atomic E-state index is 5.55. The first kappa shape index (κ1) is 13.2. The molecule has 0 saturated carbocycles. The van der Waals surface area contributed by atoms with Gasteiger partial charge in [0.25, 0.3) is 0 Å². The second-order valence-electron chi connectivity index (χ2n) is 3.42. The zero-order valence-corrected chi connectivity index (χ0v) is 9.83. The maximum atomic E-state index is 5.55. The van der Waals surface area contributed by atoms with Crippen molar-refractivity contribution in [3.05, 3.63) is 48.0 Å². The lowest BCUT2D eigenvalue weighted by atomic mass is 10.1. The van der Waals surface area contributed by atoms with Gasteiger partial charge < -0.3 is 9.47 Å².